The first-order chi connectivity index (χ1) is 6.66. The van der Waals surface area contributed by atoms with Crippen molar-refractivity contribution >= 4 is 5.97 Å². The summed E-state index contributed by atoms with van der Waals surface area (Å²) < 4.78 is 4.87. The summed E-state index contributed by atoms with van der Waals surface area (Å²) in [5.74, 6) is -0.122. The fourth-order valence-electron chi connectivity index (χ4n) is 1.97. The van der Waals surface area contributed by atoms with Crippen LogP contribution >= 0.6 is 0 Å². The van der Waals surface area contributed by atoms with Gasteiger partial charge < -0.3 is 10.1 Å². The maximum Gasteiger partial charge on any atom is 0.326 e. The van der Waals surface area contributed by atoms with E-state index in [1.54, 1.807) is 0 Å². The minimum absolute atomic E-state index is 0.122. The van der Waals surface area contributed by atoms with E-state index < -0.39 is 5.54 Å². The van der Waals surface area contributed by atoms with E-state index in [0.29, 0.717) is 0 Å². The Morgan fingerprint density at radius 2 is 1.71 bits per heavy atom. The Balaban J connectivity index is 4.62. The summed E-state index contributed by atoms with van der Waals surface area (Å²) in [7, 11) is 1.46. The van der Waals surface area contributed by atoms with Gasteiger partial charge in [0.15, 0.2) is 0 Å². The second-order valence-electron chi connectivity index (χ2n) is 3.60. The standard InChI is InChI=1S/C11H23NO2/c1-5-8-11(9-6-2,12-7-3)10(13)14-4/h12H,5-9H2,1-4H3. The molecular formula is C11H23NO2. The Bertz CT molecular complexity index is 152. The number of esters is 1. The molecule has 0 rings (SSSR count). The molecule has 0 heterocycles. The van der Waals surface area contributed by atoms with E-state index in [4.69, 9.17) is 4.74 Å². The maximum atomic E-state index is 11.7. The largest absolute Gasteiger partial charge is 0.468 e. The third-order valence-electron chi connectivity index (χ3n) is 2.44. The zero-order valence-corrected chi connectivity index (χ0v) is 9.85. The highest BCUT2D eigenvalue weighted by Gasteiger charge is 2.36. The molecule has 0 amide bonds. The predicted octanol–water partition coefficient (Wildman–Crippen LogP) is 2.11. The number of hydrogen-bond acceptors (Lipinski definition) is 3. The molecule has 3 nitrogen and oxygen atoms in total. The van der Waals surface area contributed by atoms with E-state index in [1.807, 2.05) is 6.92 Å². The number of rotatable bonds is 7. The van der Waals surface area contributed by atoms with Crippen molar-refractivity contribution in [3.05, 3.63) is 0 Å². The van der Waals surface area contributed by atoms with Crippen LogP contribution in [0.2, 0.25) is 0 Å². The molecule has 0 unspecified atom stereocenters. The number of likely N-dealkylation sites (N-methyl/N-ethyl adjacent to an activating group) is 1. The first-order valence-electron chi connectivity index (χ1n) is 5.50. The molecule has 0 aliphatic carbocycles. The van der Waals surface area contributed by atoms with E-state index in [0.717, 1.165) is 32.2 Å². The molecule has 1 N–H and O–H groups in total. The third kappa shape index (κ3) is 3.29. The molecule has 0 spiro atoms. The summed E-state index contributed by atoms with van der Waals surface area (Å²) in [6.45, 7) is 6.99. The molecule has 0 aliphatic heterocycles. The minimum atomic E-state index is -0.451. The maximum absolute atomic E-state index is 11.7. The lowest BCUT2D eigenvalue weighted by atomic mass is 9.88. The van der Waals surface area contributed by atoms with Crippen molar-refractivity contribution in [3.63, 3.8) is 0 Å². The van der Waals surface area contributed by atoms with E-state index in [-0.39, 0.29) is 5.97 Å². The van der Waals surface area contributed by atoms with Crippen molar-refractivity contribution in [2.45, 2.75) is 52.0 Å². The van der Waals surface area contributed by atoms with Crippen molar-refractivity contribution < 1.29 is 9.53 Å². The minimum Gasteiger partial charge on any atom is -0.468 e. The van der Waals surface area contributed by atoms with Gasteiger partial charge in [-0.15, -0.1) is 0 Å². The summed E-state index contributed by atoms with van der Waals surface area (Å²) >= 11 is 0. The first kappa shape index (κ1) is 13.4. The number of methoxy groups -OCH3 is 1. The molecule has 0 saturated carbocycles. The average Bonchev–Trinajstić information content (AvgIpc) is 2.17. The zero-order chi connectivity index (χ0) is 11.0. The van der Waals surface area contributed by atoms with Gasteiger partial charge in [0.2, 0.25) is 0 Å². The Labute approximate surface area is 87.2 Å². The van der Waals surface area contributed by atoms with Gasteiger partial charge in [-0.2, -0.15) is 0 Å². The molecule has 0 aromatic rings. The molecular weight excluding hydrogens is 178 g/mol. The zero-order valence-electron chi connectivity index (χ0n) is 9.85. The molecule has 14 heavy (non-hydrogen) atoms. The van der Waals surface area contributed by atoms with Crippen LogP contribution in [-0.2, 0) is 9.53 Å². The van der Waals surface area contributed by atoms with Crippen LogP contribution in [0.5, 0.6) is 0 Å². The Morgan fingerprint density at radius 1 is 1.21 bits per heavy atom. The summed E-state index contributed by atoms with van der Waals surface area (Å²) in [5.41, 5.74) is -0.451. The van der Waals surface area contributed by atoms with Crippen molar-refractivity contribution in [2.75, 3.05) is 13.7 Å². The van der Waals surface area contributed by atoms with Crippen LogP contribution in [0.25, 0.3) is 0 Å². The number of nitrogens with one attached hydrogen (secondary N) is 1. The van der Waals surface area contributed by atoms with Gasteiger partial charge in [-0.1, -0.05) is 33.6 Å². The molecule has 3 heteroatoms. The molecule has 0 atom stereocenters. The van der Waals surface area contributed by atoms with Crippen LogP contribution in [0.1, 0.15) is 46.5 Å². The number of hydrogen-bond donors (Lipinski definition) is 1. The molecule has 0 aromatic carbocycles. The second kappa shape index (κ2) is 6.82. The average molecular weight is 201 g/mol. The summed E-state index contributed by atoms with van der Waals surface area (Å²) in [5, 5.41) is 3.27. The lowest BCUT2D eigenvalue weighted by molar-refractivity contribution is -0.149. The second-order valence-corrected chi connectivity index (χ2v) is 3.60. The smallest absolute Gasteiger partial charge is 0.326 e. The normalized spacial score (nSPS) is 11.4. The van der Waals surface area contributed by atoms with Gasteiger partial charge in [-0.05, 0) is 19.4 Å². The quantitative estimate of drug-likeness (QED) is 0.641. The lowest BCUT2D eigenvalue weighted by Crippen LogP contribution is -2.52. The van der Waals surface area contributed by atoms with Gasteiger partial charge in [-0.25, -0.2) is 0 Å². The van der Waals surface area contributed by atoms with Crippen molar-refractivity contribution in [1.29, 1.82) is 0 Å². The lowest BCUT2D eigenvalue weighted by Gasteiger charge is -2.31. The first-order valence-corrected chi connectivity index (χ1v) is 5.50. The SMILES string of the molecule is CCCC(CCC)(NCC)C(=O)OC. The third-order valence-corrected chi connectivity index (χ3v) is 2.44. The molecule has 84 valence electrons. The predicted molar refractivity (Wildman–Crippen MR) is 58.2 cm³/mol. The highest BCUT2D eigenvalue weighted by molar-refractivity contribution is 5.80. The molecule has 0 bridgehead atoms. The summed E-state index contributed by atoms with van der Waals surface area (Å²) in [6.07, 6.45) is 3.67. The number of carbonyl (C=O) groups is 1. The Morgan fingerprint density at radius 3 is 2.00 bits per heavy atom. The van der Waals surface area contributed by atoms with Crippen molar-refractivity contribution in [3.8, 4) is 0 Å². The molecule has 0 aromatic heterocycles. The van der Waals surface area contributed by atoms with Crippen LogP contribution < -0.4 is 5.32 Å². The number of carbonyl (C=O) groups excluding carboxylic acids is 1. The van der Waals surface area contributed by atoms with Gasteiger partial charge in [0.1, 0.15) is 5.54 Å². The van der Waals surface area contributed by atoms with Gasteiger partial charge in [-0.3, -0.25) is 4.79 Å². The highest BCUT2D eigenvalue weighted by atomic mass is 16.5. The number of ether oxygens (including phenoxy) is 1. The Kier molecular flexibility index (Phi) is 6.54. The van der Waals surface area contributed by atoms with Gasteiger partial charge in [0, 0.05) is 0 Å². The highest BCUT2D eigenvalue weighted by Crippen LogP contribution is 2.21. The van der Waals surface area contributed by atoms with Crippen molar-refractivity contribution in [1.82, 2.24) is 5.32 Å². The van der Waals surface area contributed by atoms with Crippen molar-refractivity contribution in [2.24, 2.45) is 0 Å². The van der Waals surface area contributed by atoms with Gasteiger partial charge in [0.05, 0.1) is 7.11 Å². The van der Waals surface area contributed by atoms with Crippen LogP contribution in [0.15, 0.2) is 0 Å². The molecule has 0 saturated heterocycles. The van der Waals surface area contributed by atoms with E-state index in [1.165, 1.54) is 7.11 Å². The van der Waals surface area contributed by atoms with Crippen LogP contribution in [-0.4, -0.2) is 25.2 Å². The van der Waals surface area contributed by atoms with Gasteiger partial charge >= 0.3 is 5.97 Å². The summed E-state index contributed by atoms with van der Waals surface area (Å²) in [4.78, 5) is 11.7. The van der Waals surface area contributed by atoms with Gasteiger partial charge in [0.25, 0.3) is 0 Å². The van der Waals surface area contributed by atoms with E-state index >= 15 is 0 Å². The van der Waals surface area contributed by atoms with E-state index in [9.17, 15) is 4.79 Å². The topological polar surface area (TPSA) is 38.3 Å². The van der Waals surface area contributed by atoms with E-state index in [2.05, 4.69) is 19.2 Å². The van der Waals surface area contributed by atoms with Crippen LogP contribution in [0.4, 0.5) is 0 Å². The summed E-state index contributed by atoms with van der Waals surface area (Å²) in [6, 6.07) is 0. The fraction of sp³-hybridized carbons (Fsp3) is 0.909. The fourth-order valence-corrected chi connectivity index (χ4v) is 1.97. The molecule has 0 fully saturated rings. The van der Waals surface area contributed by atoms with Crippen LogP contribution in [0.3, 0.4) is 0 Å². The molecule has 0 aliphatic rings. The monoisotopic (exact) mass is 201 g/mol. The Hall–Kier alpha value is -0.570. The molecule has 0 radical (unpaired) electrons. The van der Waals surface area contributed by atoms with Crippen LogP contribution in [0, 0.1) is 0 Å².